The molecule has 0 amide bonds. The van der Waals surface area contributed by atoms with Crippen molar-refractivity contribution in [3.05, 3.63) is 75.9 Å². The second kappa shape index (κ2) is 6.19. The van der Waals surface area contributed by atoms with Gasteiger partial charge in [0.2, 0.25) is 10.9 Å². The molecule has 1 aliphatic carbocycles. The summed E-state index contributed by atoms with van der Waals surface area (Å²) in [6.07, 6.45) is 6.34. The van der Waals surface area contributed by atoms with Crippen LogP contribution in [0.2, 0.25) is 0 Å². The van der Waals surface area contributed by atoms with Gasteiger partial charge in [-0.3, -0.25) is 5.43 Å². The third kappa shape index (κ3) is 2.73. The Hall–Kier alpha value is -2.91. The molecule has 1 fully saturated rings. The molecule has 0 radical (unpaired) electrons. The minimum atomic E-state index is -0.417. The summed E-state index contributed by atoms with van der Waals surface area (Å²) in [7, 11) is 1.65. The fourth-order valence-corrected chi connectivity index (χ4v) is 3.73. The summed E-state index contributed by atoms with van der Waals surface area (Å²) in [5.41, 5.74) is 8.23. The van der Waals surface area contributed by atoms with E-state index in [0.29, 0.717) is 0 Å². The van der Waals surface area contributed by atoms with Gasteiger partial charge in [-0.05, 0) is 18.2 Å². The zero-order valence-electron chi connectivity index (χ0n) is 13.2. The number of thioether (sulfide) groups is 1. The molecule has 8 nitrogen and oxygen atoms in total. The van der Waals surface area contributed by atoms with E-state index in [0.717, 1.165) is 27.9 Å². The molecule has 1 aromatic carbocycles. The van der Waals surface area contributed by atoms with Gasteiger partial charge in [-0.2, -0.15) is 4.90 Å². The number of allylic oxidation sites excluding steroid dienone is 5. The van der Waals surface area contributed by atoms with E-state index in [1.807, 2.05) is 29.3 Å². The number of benzene rings is 1. The number of nitrogens with one attached hydrogen (secondary N) is 2. The van der Waals surface area contributed by atoms with E-state index in [9.17, 15) is 10.4 Å². The van der Waals surface area contributed by atoms with Crippen LogP contribution in [0.15, 0.2) is 65.1 Å². The molecule has 0 spiro atoms. The molecule has 1 atom stereocenters. The zero-order valence-corrected chi connectivity index (χ0v) is 14.0. The molecule has 0 bridgehead atoms. The molecule has 25 heavy (non-hydrogen) atoms. The number of amidine groups is 1. The molecule has 1 aromatic rings. The van der Waals surface area contributed by atoms with Crippen molar-refractivity contribution >= 4 is 22.6 Å². The highest BCUT2D eigenvalue weighted by Gasteiger charge is 2.37. The van der Waals surface area contributed by atoms with Crippen LogP contribution in [0.25, 0.3) is 0 Å². The number of hydrazine groups is 1. The van der Waals surface area contributed by atoms with Gasteiger partial charge in [-0.1, -0.05) is 30.0 Å². The first-order valence-corrected chi connectivity index (χ1v) is 8.36. The minimum absolute atomic E-state index is 0.0370. The fraction of sp³-hybridized carbons (Fsp3) is 0.125. The molecule has 0 unspecified atom stereocenters. The Balaban J connectivity index is 1.60. The number of para-hydroxylation sites is 1. The molecule has 2 N–H and O–H groups in total. The van der Waals surface area contributed by atoms with Crippen molar-refractivity contribution in [3.63, 3.8) is 0 Å². The summed E-state index contributed by atoms with van der Waals surface area (Å²) >= 11 is 1.56. The van der Waals surface area contributed by atoms with E-state index in [4.69, 9.17) is 4.74 Å². The Bertz CT molecular complexity index is 852. The van der Waals surface area contributed by atoms with Crippen LogP contribution in [0.1, 0.15) is 10.9 Å². The van der Waals surface area contributed by atoms with Crippen molar-refractivity contribution in [1.29, 1.82) is 0 Å². The predicted octanol–water partition coefficient (Wildman–Crippen LogP) is 1.91. The van der Waals surface area contributed by atoms with Crippen molar-refractivity contribution in [2.45, 2.75) is 5.37 Å². The molecular formula is C16H14N5O3S-. The number of fused-ring (bicyclic) bond motifs is 1. The molecule has 1 saturated heterocycles. The van der Waals surface area contributed by atoms with Crippen LogP contribution < -0.4 is 15.6 Å². The van der Waals surface area contributed by atoms with Crippen LogP contribution in [0, 0.1) is 10.4 Å². The molecule has 2 heterocycles. The van der Waals surface area contributed by atoms with Crippen LogP contribution >= 0.6 is 11.8 Å². The van der Waals surface area contributed by atoms with Crippen molar-refractivity contribution in [3.8, 4) is 5.75 Å². The number of methoxy groups -OCH3 is 1. The maximum absolute atomic E-state index is 10.8. The quantitative estimate of drug-likeness (QED) is 0.617. The van der Waals surface area contributed by atoms with Crippen molar-refractivity contribution in [2.75, 3.05) is 7.11 Å². The normalized spacial score (nSPS) is 21.3. The van der Waals surface area contributed by atoms with Crippen molar-refractivity contribution in [1.82, 2.24) is 15.9 Å². The molecule has 0 aromatic heterocycles. The molecule has 3 aliphatic rings. The lowest BCUT2D eigenvalue weighted by Gasteiger charge is -2.19. The van der Waals surface area contributed by atoms with Gasteiger partial charge in [0.05, 0.1) is 7.11 Å². The van der Waals surface area contributed by atoms with E-state index in [2.05, 4.69) is 16.0 Å². The lowest BCUT2D eigenvalue weighted by molar-refractivity contribution is -0.377. The highest BCUT2D eigenvalue weighted by Crippen LogP contribution is 2.41. The number of nitrogens with zero attached hydrogens (tertiary/aromatic N) is 3. The zero-order chi connectivity index (χ0) is 17.4. The van der Waals surface area contributed by atoms with Gasteiger partial charge in [0.1, 0.15) is 11.1 Å². The first-order valence-electron chi connectivity index (χ1n) is 7.49. The summed E-state index contributed by atoms with van der Waals surface area (Å²) in [6.45, 7) is 0. The van der Waals surface area contributed by atoms with Gasteiger partial charge < -0.3 is 15.2 Å². The average Bonchev–Trinajstić information content (AvgIpc) is 3.22. The maximum atomic E-state index is 10.8. The number of hydrazone groups is 1. The maximum Gasteiger partial charge on any atom is 0.222 e. The van der Waals surface area contributed by atoms with Gasteiger partial charge in [0.15, 0.2) is 5.82 Å². The lowest BCUT2D eigenvalue weighted by Crippen LogP contribution is -2.34. The lowest BCUT2D eigenvalue weighted by atomic mass is 10.1. The average molecular weight is 356 g/mol. The Kier molecular flexibility index (Phi) is 3.86. The topological polar surface area (TPSA) is 98.0 Å². The van der Waals surface area contributed by atoms with Crippen LogP contribution in [0.3, 0.4) is 0 Å². The highest BCUT2D eigenvalue weighted by atomic mass is 32.2. The summed E-state index contributed by atoms with van der Waals surface area (Å²) in [4.78, 5) is -0.417. The van der Waals surface area contributed by atoms with E-state index >= 15 is 0 Å². The second-order valence-corrected chi connectivity index (χ2v) is 6.44. The van der Waals surface area contributed by atoms with E-state index in [-0.39, 0.29) is 11.1 Å². The molecule has 4 rings (SSSR count). The molecule has 0 saturated carbocycles. The summed E-state index contributed by atoms with van der Waals surface area (Å²) < 4.78 is 5.43. The largest absolute Gasteiger partial charge is 0.612 e. The molecular weight excluding hydrogens is 342 g/mol. The first-order chi connectivity index (χ1) is 12.2. The minimum Gasteiger partial charge on any atom is -0.612 e. The van der Waals surface area contributed by atoms with Crippen LogP contribution in [-0.2, 0) is 0 Å². The third-order valence-electron chi connectivity index (χ3n) is 3.91. The van der Waals surface area contributed by atoms with Crippen molar-refractivity contribution in [2.24, 2.45) is 5.10 Å². The van der Waals surface area contributed by atoms with E-state index in [1.165, 1.54) is 12.2 Å². The van der Waals surface area contributed by atoms with Gasteiger partial charge >= 0.3 is 0 Å². The molecule has 2 aliphatic heterocycles. The third-order valence-corrected chi connectivity index (χ3v) is 4.99. The Morgan fingerprint density at radius 2 is 1.96 bits per heavy atom. The SMILES string of the molecule is COc1ccccc1[C@H]1NN2C(=NNC2=C2C=CC(=[N+]([O-])[O-])C=C2)S1. The first kappa shape index (κ1) is 15.6. The molecule has 128 valence electrons. The summed E-state index contributed by atoms with van der Waals surface area (Å²) in [5, 5.41) is 28.5. The van der Waals surface area contributed by atoms with Crippen molar-refractivity contribution < 1.29 is 9.64 Å². The Labute approximate surface area is 148 Å². The smallest absolute Gasteiger partial charge is 0.222 e. The van der Waals surface area contributed by atoms with Gasteiger partial charge in [-0.15, -0.1) is 5.10 Å². The Morgan fingerprint density at radius 1 is 1.20 bits per heavy atom. The predicted molar refractivity (Wildman–Crippen MR) is 96.2 cm³/mol. The van der Waals surface area contributed by atoms with E-state index in [1.54, 1.807) is 31.0 Å². The number of ether oxygens (including phenoxy) is 1. The van der Waals surface area contributed by atoms with Gasteiger partial charge in [-0.25, -0.2) is 10.4 Å². The molecule has 9 heteroatoms. The number of rotatable bonds is 2. The number of hydrogen-bond donors (Lipinski definition) is 2. The standard InChI is InChI=1S/C16H14N5O3S/c1-24-13-5-3-2-4-12(13)15-19-20-14(17-18-16(20)25-15)10-6-8-11(9-7-10)21(22)23/h2-9,15,17,19H,1H3/q-1/t15-/m0/s1. The Morgan fingerprint density at radius 3 is 2.68 bits per heavy atom. The van der Waals surface area contributed by atoms with E-state index < -0.39 is 4.90 Å². The van der Waals surface area contributed by atoms with Gasteiger partial charge in [0.25, 0.3) is 0 Å². The highest BCUT2D eigenvalue weighted by molar-refractivity contribution is 8.14. The van der Waals surface area contributed by atoms with Gasteiger partial charge in [0, 0.05) is 23.3 Å². The van der Waals surface area contributed by atoms with Crippen LogP contribution in [-0.4, -0.2) is 27.9 Å². The second-order valence-electron chi connectivity index (χ2n) is 5.36. The fourth-order valence-electron chi connectivity index (χ4n) is 2.69. The van der Waals surface area contributed by atoms with Crippen LogP contribution in [0.4, 0.5) is 0 Å². The van der Waals surface area contributed by atoms with Crippen LogP contribution in [0.5, 0.6) is 5.75 Å². The monoisotopic (exact) mass is 356 g/mol. The number of hydrogen-bond acceptors (Lipinski definition) is 8. The summed E-state index contributed by atoms with van der Waals surface area (Å²) in [5.74, 6) is 1.54. The summed E-state index contributed by atoms with van der Waals surface area (Å²) in [6, 6.07) is 7.81.